The number of pyridine rings is 1. The first-order chi connectivity index (χ1) is 25.8. The lowest BCUT2D eigenvalue weighted by molar-refractivity contribution is 1.32. The van der Waals surface area contributed by atoms with Crippen LogP contribution in [0.3, 0.4) is 0 Å². The smallest absolute Gasteiger partial charge is 0.0715 e. The monoisotopic (exact) mass is 659 g/mol. The molecule has 0 amide bonds. The molecule has 10 rings (SSSR count). The molecule has 0 saturated heterocycles. The fraction of sp³-hybridized carbons (Fsp3) is 0. The minimum Gasteiger partial charge on any atom is -0.248 e. The van der Waals surface area contributed by atoms with Gasteiger partial charge in [-0.25, -0.2) is 4.98 Å². The number of hydrogen-bond acceptors (Lipinski definition) is 1. The van der Waals surface area contributed by atoms with Gasteiger partial charge in [0.05, 0.1) is 11.4 Å². The molecular weight excluding hydrogens is 627 g/mol. The molecule has 10 aromatic rings. The Morgan fingerprint density at radius 3 is 1.27 bits per heavy atom. The Kier molecular flexibility index (Phi) is 7.22. The van der Waals surface area contributed by atoms with E-state index in [0.717, 1.165) is 28.1 Å². The normalized spacial score (nSPS) is 11.5. The maximum Gasteiger partial charge on any atom is 0.0715 e. The second-order valence-electron chi connectivity index (χ2n) is 13.5. The highest BCUT2D eigenvalue weighted by Gasteiger charge is 2.19. The van der Waals surface area contributed by atoms with Gasteiger partial charge in [-0.3, -0.25) is 0 Å². The standard InChI is InChI=1S/C51H33N/c1-3-13-34(14-4-1)43-32-48(37-17-5-2-6-18-37)52-49(33-43)40-27-28-46-47(31-40)51(42-26-24-36-16-8-10-20-39(36)30-42)45-22-12-11-21-44(45)50(46)41-25-23-35-15-7-9-19-38(35)29-41/h1-33H. The molecular formula is C51H33N. The molecule has 242 valence electrons. The van der Waals surface area contributed by atoms with E-state index in [1.165, 1.54) is 70.9 Å². The van der Waals surface area contributed by atoms with Gasteiger partial charge in [-0.1, -0.05) is 170 Å². The SMILES string of the molecule is c1ccc(-c2cc(-c3ccccc3)nc(-c3ccc4c(-c5ccc6ccccc6c5)c5ccccc5c(-c5ccc6ccccc6c5)c4c3)c2)cc1. The van der Waals surface area contributed by atoms with E-state index >= 15 is 0 Å². The van der Waals surface area contributed by atoms with Crippen molar-refractivity contribution in [1.82, 2.24) is 4.98 Å². The maximum atomic E-state index is 5.33. The Morgan fingerprint density at radius 1 is 0.231 bits per heavy atom. The molecule has 0 fully saturated rings. The lowest BCUT2D eigenvalue weighted by Gasteiger charge is -2.19. The quantitative estimate of drug-likeness (QED) is 0.168. The molecule has 9 aromatic carbocycles. The lowest BCUT2D eigenvalue weighted by Crippen LogP contribution is -1.94. The molecule has 0 aliphatic heterocycles. The van der Waals surface area contributed by atoms with Crippen LogP contribution in [0, 0.1) is 0 Å². The topological polar surface area (TPSA) is 12.9 Å². The van der Waals surface area contributed by atoms with E-state index in [4.69, 9.17) is 4.98 Å². The Balaban J connectivity index is 1.29. The predicted octanol–water partition coefficient (Wildman–Crippen LogP) is 14.0. The highest BCUT2D eigenvalue weighted by atomic mass is 14.7. The second kappa shape index (κ2) is 12.5. The Labute approximate surface area is 303 Å². The van der Waals surface area contributed by atoms with Crippen molar-refractivity contribution in [2.45, 2.75) is 0 Å². The van der Waals surface area contributed by atoms with E-state index in [-0.39, 0.29) is 0 Å². The van der Waals surface area contributed by atoms with Crippen molar-refractivity contribution in [2.24, 2.45) is 0 Å². The molecule has 0 saturated carbocycles. The van der Waals surface area contributed by atoms with Crippen LogP contribution < -0.4 is 0 Å². The second-order valence-corrected chi connectivity index (χ2v) is 13.5. The Bertz CT molecular complexity index is 2880. The molecule has 0 spiro atoms. The average molecular weight is 660 g/mol. The highest BCUT2D eigenvalue weighted by Crippen LogP contribution is 2.46. The van der Waals surface area contributed by atoms with Crippen LogP contribution in [0.1, 0.15) is 0 Å². The number of hydrogen-bond donors (Lipinski definition) is 0. The third kappa shape index (κ3) is 5.23. The van der Waals surface area contributed by atoms with E-state index in [1.54, 1.807) is 0 Å². The van der Waals surface area contributed by atoms with Gasteiger partial charge in [-0.15, -0.1) is 0 Å². The minimum absolute atomic E-state index is 0.951. The van der Waals surface area contributed by atoms with Crippen LogP contribution in [0.5, 0.6) is 0 Å². The summed E-state index contributed by atoms with van der Waals surface area (Å²) >= 11 is 0. The zero-order valence-electron chi connectivity index (χ0n) is 28.5. The molecule has 52 heavy (non-hydrogen) atoms. The summed E-state index contributed by atoms with van der Waals surface area (Å²) in [5, 5.41) is 9.88. The van der Waals surface area contributed by atoms with Crippen LogP contribution >= 0.6 is 0 Å². The first kappa shape index (κ1) is 30.0. The first-order valence-electron chi connectivity index (χ1n) is 17.9. The van der Waals surface area contributed by atoms with E-state index in [1.807, 2.05) is 0 Å². The summed E-state index contributed by atoms with van der Waals surface area (Å²) in [7, 11) is 0. The van der Waals surface area contributed by atoms with Gasteiger partial charge in [-0.05, 0) is 107 Å². The van der Waals surface area contributed by atoms with Crippen molar-refractivity contribution in [3.8, 4) is 55.9 Å². The van der Waals surface area contributed by atoms with Crippen molar-refractivity contribution in [3.63, 3.8) is 0 Å². The van der Waals surface area contributed by atoms with Crippen LogP contribution in [-0.4, -0.2) is 4.98 Å². The molecule has 0 bridgehead atoms. The molecule has 1 aromatic heterocycles. The third-order valence-corrected chi connectivity index (χ3v) is 10.4. The molecule has 1 nitrogen and oxygen atoms in total. The minimum atomic E-state index is 0.951. The van der Waals surface area contributed by atoms with E-state index < -0.39 is 0 Å². The van der Waals surface area contributed by atoms with Gasteiger partial charge in [0.1, 0.15) is 0 Å². The summed E-state index contributed by atoms with van der Waals surface area (Å²) < 4.78 is 0. The summed E-state index contributed by atoms with van der Waals surface area (Å²) in [5.41, 5.74) is 11.3. The molecule has 1 heteroatoms. The number of benzene rings is 9. The van der Waals surface area contributed by atoms with Crippen molar-refractivity contribution < 1.29 is 0 Å². The van der Waals surface area contributed by atoms with Crippen molar-refractivity contribution in [2.75, 3.05) is 0 Å². The van der Waals surface area contributed by atoms with E-state index in [2.05, 4.69) is 200 Å². The van der Waals surface area contributed by atoms with Gasteiger partial charge >= 0.3 is 0 Å². The van der Waals surface area contributed by atoms with E-state index in [0.29, 0.717) is 0 Å². The number of fused-ring (bicyclic) bond motifs is 4. The van der Waals surface area contributed by atoms with Crippen LogP contribution in [0.2, 0.25) is 0 Å². The first-order valence-corrected chi connectivity index (χ1v) is 17.9. The maximum absolute atomic E-state index is 5.33. The lowest BCUT2D eigenvalue weighted by atomic mass is 9.84. The van der Waals surface area contributed by atoms with Gasteiger partial charge in [0.15, 0.2) is 0 Å². The number of rotatable bonds is 5. The predicted molar refractivity (Wildman–Crippen MR) is 221 cm³/mol. The Hall–Kier alpha value is -6.83. The number of nitrogens with zero attached hydrogens (tertiary/aromatic N) is 1. The summed E-state index contributed by atoms with van der Waals surface area (Å²) in [6.07, 6.45) is 0. The zero-order chi connectivity index (χ0) is 34.4. The summed E-state index contributed by atoms with van der Waals surface area (Å²) in [5.74, 6) is 0. The average Bonchev–Trinajstić information content (AvgIpc) is 3.22. The van der Waals surface area contributed by atoms with Gasteiger partial charge in [0.2, 0.25) is 0 Å². The summed E-state index contributed by atoms with van der Waals surface area (Å²) in [6, 6.07) is 72.5. The summed E-state index contributed by atoms with van der Waals surface area (Å²) in [4.78, 5) is 5.33. The third-order valence-electron chi connectivity index (χ3n) is 10.4. The molecule has 0 aliphatic carbocycles. The van der Waals surface area contributed by atoms with Crippen molar-refractivity contribution >= 4 is 43.1 Å². The van der Waals surface area contributed by atoms with Crippen molar-refractivity contribution in [3.05, 3.63) is 200 Å². The van der Waals surface area contributed by atoms with Crippen LogP contribution in [0.25, 0.3) is 99.0 Å². The molecule has 0 aliphatic rings. The van der Waals surface area contributed by atoms with Crippen LogP contribution in [-0.2, 0) is 0 Å². The van der Waals surface area contributed by atoms with Gasteiger partial charge in [0, 0.05) is 11.1 Å². The molecule has 0 radical (unpaired) electrons. The fourth-order valence-electron chi connectivity index (χ4n) is 7.88. The Morgan fingerprint density at radius 2 is 0.673 bits per heavy atom. The van der Waals surface area contributed by atoms with Gasteiger partial charge in [0.25, 0.3) is 0 Å². The molecule has 1 heterocycles. The summed E-state index contributed by atoms with van der Waals surface area (Å²) in [6.45, 7) is 0. The zero-order valence-corrected chi connectivity index (χ0v) is 28.5. The largest absolute Gasteiger partial charge is 0.248 e. The fourth-order valence-corrected chi connectivity index (χ4v) is 7.88. The molecule has 0 N–H and O–H groups in total. The van der Waals surface area contributed by atoms with Crippen LogP contribution in [0.4, 0.5) is 0 Å². The van der Waals surface area contributed by atoms with Gasteiger partial charge < -0.3 is 0 Å². The van der Waals surface area contributed by atoms with Crippen LogP contribution in [0.15, 0.2) is 200 Å². The molecule has 0 atom stereocenters. The molecule has 0 unspecified atom stereocenters. The van der Waals surface area contributed by atoms with E-state index in [9.17, 15) is 0 Å². The highest BCUT2D eigenvalue weighted by molar-refractivity contribution is 6.22. The van der Waals surface area contributed by atoms with Gasteiger partial charge in [-0.2, -0.15) is 0 Å². The van der Waals surface area contributed by atoms with Crippen molar-refractivity contribution in [1.29, 1.82) is 0 Å². The number of aromatic nitrogens is 1.